The molecule has 0 radical (unpaired) electrons. The predicted molar refractivity (Wildman–Crippen MR) is 84.2 cm³/mol. The molecule has 0 fully saturated rings. The highest BCUT2D eigenvalue weighted by Gasteiger charge is 2.09. The predicted octanol–water partition coefficient (Wildman–Crippen LogP) is 5.29. The van der Waals surface area contributed by atoms with Crippen LogP contribution in [0.25, 0.3) is 0 Å². The van der Waals surface area contributed by atoms with E-state index in [0.717, 1.165) is 18.9 Å². The average molecular weight is 296 g/mol. The SMILES string of the molecule is CCCCCCCCCCNc1cc([N+](=O)[O-])ccc1F. The Morgan fingerprint density at radius 1 is 1.10 bits per heavy atom. The quantitative estimate of drug-likeness (QED) is 0.343. The van der Waals surface area contributed by atoms with Gasteiger partial charge in [-0.3, -0.25) is 10.1 Å². The van der Waals surface area contributed by atoms with E-state index in [1.165, 1.54) is 50.7 Å². The number of nitrogens with zero attached hydrogens (tertiary/aromatic N) is 1. The molecule has 1 N–H and O–H groups in total. The molecule has 0 aliphatic heterocycles. The Bertz CT molecular complexity index is 438. The van der Waals surface area contributed by atoms with E-state index in [0.29, 0.717) is 6.54 Å². The van der Waals surface area contributed by atoms with Crippen LogP contribution in [0.2, 0.25) is 0 Å². The van der Waals surface area contributed by atoms with Crippen LogP contribution in [0.5, 0.6) is 0 Å². The van der Waals surface area contributed by atoms with E-state index in [1.807, 2.05) is 0 Å². The third-order valence-electron chi connectivity index (χ3n) is 3.51. The van der Waals surface area contributed by atoms with Crippen molar-refractivity contribution in [3.05, 3.63) is 34.1 Å². The molecular formula is C16H25FN2O2. The molecule has 1 aromatic carbocycles. The Hall–Kier alpha value is -1.65. The van der Waals surface area contributed by atoms with Crippen LogP contribution >= 0.6 is 0 Å². The normalized spacial score (nSPS) is 10.6. The minimum absolute atomic E-state index is 0.0881. The van der Waals surface area contributed by atoms with Crippen molar-refractivity contribution in [2.45, 2.75) is 58.3 Å². The van der Waals surface area contributed by atoms with Crippen molar-refractivity contribution >= 4 is 11.4 Å². The van der Waals surface area contributed by atoms with Gasteiger partial charge in [-0.25, -0.2) is 4.39 Å². The minimum atomic E-state index is -0.513. The van der Waals surface area contributed by atoms with E-state index in [4.69, 9.17) is 0 Å². The summed E-state index contributed by atoms with van der Waals surface area (Å²) in [5.74, 6) is -0.444. The fraction of sp³-hybridized carbons (Fsp3) is 0.625. The van der Waals surface area contributed by atoms with Crippen LogP contribution in [0.1, 0.15) is 58.3 Å². The molecule has 0 bridgehead atoms. The van der Waals surface area contributed by atoms with Gasteiger partial charge in [0.15, 0.2) is 0 Å². The summed E-state index contributed by atoms with van der Waals surface area (Å²) < 4.78 is 13.5. The maximum Gasteiger partial charge on any atom is 0.271 e. The minimum Gasteiger partial charge on any atom is -0.382 e. The summed E-state index contributed by atoms with van der Waals surface area (Å²) in [6.45, 7) is 2.85. The van der Waals surface area contributed by atoms with E-state index in [-0.39, 0.29) is 11.4 Å². The van der Waals surface area contributed by atoms with Crippen LogP contribution in [0.3, 0.4) is 0 Å². The van der Waals surface area contributed by atoms with E-state index < -0.39 is 10.7 Å². The number of hydrogen-bond donors (Lipinski definition) is 1. The lowest BCUT2D eigenvalue weighted by Gasteiger charge is -2.07. The summed E-state index contributed by atoms with van der Waals surface area (Å²) in [5.41, 5.74) is 0.127. The molecule has 1 rings (SSSR count). The third-order valence-corrected chi connectivity index (χ3v) is 3.51. The molecule has 0 aliphatic rings. The number of rotatable bonds is 11. The van der Waals surface area contributed by atoms with Gasteiger partial charge in [0.05, 0.1) is 10.6 Å². The maximum atomic E-state index is 13.5. The summed E-state index contributed by atoms with van der Waals surface area (Å²) in [6, 6.07) is 3.56. The van der Waals surface area contributed by atoms with Gasteiger partial charge in [-0.15, -0.1) is 0 Å². The van der Waals surface area contributed by atoms with Gasteiger partial charge in [0.1, 0.15) is 5.82 Å². The summed E-state index contributed by atoms with van der Waals surface area (Å²) in [5, 5.41) is 13.6. The fourth-order valence-electron chi connectivity index (χ4n) is 2.24. The second-order valence-electron chi connectivity index (χ2n) is 5.32. The van der Waals surface area contributed by atoms with Crippen LogP contribution in [0, 0.1) is 15.9 Å². The first kappa shape index (κ1) is 17.4. The van der Waals surface area contributed by atoms with Crippen LogP contribution < -0.4 is 5.32 Å². The van der Waals surface area contributed by atoms with Crippen molar-refractivity contribution in [2.75, 3.05) is 11.9 Å². The Labute approximate surface area is 125 Å². The van der Waals surface area contributed by atoms with Gasteiger partial charge in [-0.1, -0.05) is 51.9 Å². The van der Waals surface area contributed by atoms with Crippen molar-refractivity contribution in [1.82, 2.24) is 0 Å². The first-order valence-corrected chi connectivity index (χ1v) is 7.83. The van der Waals surface area contributed by atoms with E-state index >= 15 is 0 Å². The lowest BCUT2D eigenvalue weighted by atomic mass is 10.1. The fourth-order valence-corrected chi connectivity index (χ4v) is 2.24. The number of unbranched alkanes of at least 4 members (excludes halogenated alkanes) is 7. The van der Waals surface area contributed by atoms with Crippen molar-refractivity contribution < 1.29 is 9.31 Å². The van der Waals surface area contributed by atoms with Crippen molar-refractivity contribution in [3.8, 4) is 0 Å². The Balaban J connectivity index is 2.18. The molecule has 0 spiro atoms. The highest BCUT2D eigenvalue weighted by atomic mass is 19.1. The van der Waals surface area contributed by atoms with Gasteiger partial charge in [0, 0.05) is 18.7 Å². The summed E-state index contributed by atoms with van der Waals surface area (Å²) >= 11 is 0. The highest BCUT2D eigenvalue weighted by Crippen LogP contribution is 2.21. The second-order valence-corrected chi connectivity index (χ2v) is 5.32. The molecule has 0 unspecified atom stereocenters. The average Bonchev–Trinajstić information content (AvgIpc) is 2.47. The van der Waals surface area contributed by atoms with Crippen molar-refractivity contribution in [2.24, 2.45) is 0 Å². The number of nitro groups is 1. The number of nitro benzene ring substituents is 1. The van der Waals surface area contributed by atoms with Crippen molar-refractivity contribution in [1.29, 1.82) is 0 Å². The van der Waals surface area contributed by atoms with Gasteiger partial charge in [-0.05, 0) is 12.5 Å². The Morgan fingerprint density at radius 2 is 1.71 bits per heavy atom. The lowest BCUT2D eigenvalue weighted by molar-refractivity contribution is -0.384. The Kier molecular flexibility index (Phi) is 8.40. The Morgan fingerprint density at radius 3 is 2.33 bits per heavy atom. The van der Waals surface area contributed by atoms with Crippen LogP contribution in [-0.2, 0) is 0 Å². The number of halogens is 1. The van der Waals surface area contributed by atoms with Crippen LogP contribution in [-0.4, -0.2) is 11.5 Å². The van der Waals surface area contributed by atoms with E-state index in [1.54, 1.807) is 0 Å². The molecule has 0 heterocycles. The lowest BCUT2D eigenvalue weighted by Crippen LogP contribution is -2.04. The molecule has 1 aromatic rings. The highest BCUT2D eigenvalue weighted by molar-refractivity contribution is 5.52. The monoisotopic (exact) mass is 296 g/mol. The zero-order valence-corrected chi connectivity index (χ0v) is 12.7. The molecule has 4 nitrogen and oxygen atoms in total. The first-order valence-electron chi connectivity index (χ1n) is 7.83. The summed E-state index contributed by atoms with van der Waals surface area (Å²) in [7, 11) is 0. The largest absolute Gasteiger partial charge is 0.382 e. The first-order chi connectivity index (χ1) is 10.1. The molecule has 0 atom stereocenters. The molecule has 118 valence electrons. The van der Waals surface area contributed by atoms with E-state index in [9.17, 15) is 14.5 Å². The molecule has 0 saturated heterocycles. The van der Waals surface area contributed by atoms with E-state index in [2.05, 4.69) is 12.2 Å². The molecular weight excluding hydrogens is 271 g/mol. The van der Waals surface area contributed by atoms with Gasteiger partial charge in [0.2, 0.25) is 0 Å². The third kappa shape index (κ3) is 7.06. The number of nitrogens with one attached hydrogen (secondary N) is 1. The molecule has 0 aliphatic carbocycles. The molecule has 21 heavy (non-hydrogen) atoms. The number of anilines is 1. The zero-order valence-electron chi connectivity index (χ0n) is 12.7. The van der Waals surface area contributed by atoms with Crippen LogP contribution in [0.4, 0.5) is 15.8 Å². The van der Waals surface area contributed by atoms with Crippen LogP contribution in [0.15, 0.2) is 18.2 Å². The van der Waals surface area contributed by atoms with Gasteiger partial charge in [0.25, 0.3) is 5.69 Å². The molecule has 0 saturated carbocycles. The van der Waals surface area contributed by atoms with Crippen molar-refractivity contribution in [3.63, 3.8) is 0 Å². The standard InChI is InChI=1S/C16H25FN2O2/c1-2-3-4-5-6-7-8-9-12-18-16-13-14(19(20)21)10-11-15(16)17/h10-11,13,18H,2-9,12H2,1H3. The number of non-ortho nitro benzene ring substituents is 1. The number of benzene rings is 1. The summed E-state index contributed by atoms with van der Waals surface area (Å²) in [6.07, 6.45) is 9.69. The number of hydrogen-bond acceptors (Lipinski definition) is 3. The molecule has 5 heteroatoms. The topological polar surface area (TPSA) is 55.2 Å². The smallest absolute Gasteiger partial charge is 0.271 e. The zero-order chi connectivity index (χ0) is 15.5. The second kappa shape index (κ2) is 10.1. The summed E-state index contributed by atoms with van der Waals surface area (Å²) in [4.78, 5) is 10.1. The van der Waals surface area contributed by atoms with Gasteiger partial charge in [-0.2, -0.15) is 0 Å². The van der Waals surface area contributed by atoms with Gasteiger partial charge < -0.3 is 5.32 Å². The maximum absolute atomic E-state index is 13.5. The molecule has 0 amide bonds. The van der Waals surface area contributed by atoms with Gasteiger partial charge >= 0.3 is 0 Å². The molecule has 0 aromatic heterocycles.